The first-order valence-corrected chi connectivity index (χ1v) is 11.0. The molecule has 166 valence electrons. The van der Waals surface area contributed by atoms with Crippen LogP contribution in [0.1, 0.15) is 23.1 Å². The fraction of sp³-hybridized carbons (Fsp3) is 0.400. The number of carbonyl (C=O) groups excluding carboxylic acids is 1. The normalized spacial score (nSPS) is 34.4. The Balaban J connectivity index is 1.45. The maximum atomic E-state index is 13.0. The summed E-state index contributed by atoms with van der Waals surface area (Å²) < 4.78 is 11.5. The monoisotopic (exact) mass is 434 g/mol. The molecule has 4 aliphatic rings. The van der Waals surface area contributed by atoms with Gasteiger partial charge in [-0.3, -0.25) is 9.69 Å². The first-order valence-electron chi connectivity index (χ1n) is 11.0. The van der Waals surface area contributed by atoms with Crippen molar-refractivity contribution in [1.29, 1.82) is 0 Å². The number of piperidine rings is 1. The summed E-state index contributed by atoms with van der Waals surface area (Å²) in [4.78, 5) is 16.9. The van der Waals surface area contributed by atoms with E-state index in [1.54, 1.807) is 42.7 Å². The van der Waals surface area contributed by atoms with Crippen molar-refractivity contribution in [3.63, 3.8) is 0 Å². The average molecular weight is 434 g/mol. The average Bonchev–Trinajstić information content (AvgIpc) is 3.41. The number of aliphatic hydroxyl groups is 1. The van der Waals surface area contributed by atoms with Crippen molar-refractivity contribution >= 4 is 12.0 Å². The third-order valence-electron chi connectivity index (χ3n) is 8.04. The molecule has 6 rings (SSSR count). The van der Waals surface area contributed by atoms with Gasteiger partial charge in [0.15, 0.2) is 11.5 Å². The SMILES string of the molecule is CN1CC[C@]23c4c5ccc(O)c4O[C@H]2[C@@H](N(C)C(=O)/C=C/c2ccoc2)C=C[C@@]3(O)[C@H]1C5. The summed E-state index contributed by atoms with van der Waals surface area (Å²) in [5.74, 6) is 0.365. The Bertz CT molecular complexity index is 1160. The van der Waals surface area contributed by atoms with Crippen molar-refractivity contribution in [2.45, 2.75) is 42.0 Å². The van der Waals surface area contributed by atoms with Crippen molar-refractivity contribution in [2.75, 3.05) is 20.6 Å². The predicted octanol–water partition coefficient (Wildman–Crippen LogP) is 2.09. The van der Waals surface area contributed by atoms with Gasteiger partial charge in [0.25, 0.3) is 0 Å². The van der Waals surface area contributed by atoms with Gasteiger partial charge in [-0.25, -0.2) is 0 Å². The zero-order chi connectivity index (χ0) is 22.3. The summed E-state index contributed by atoms with van der Waals surface area (Å²) >= 11 is 0. The molecule has 7 heteroatoms. The molecule has 1 amide bonds. The number of aromatic hydroxyl groups is 1. The minimum Gasteiger partial charge on any atom is -0.504 e. The summed E-state index contributed by atoms with van der Waals surface area (Å²) in [5, 5.41) is 22.8. The van der Waals surface area contributed by atoms with Gasteiger partial charge >= 0.3 is 0 Å². The first-order chi connectivity index (χ1) is 15.4. The molecular formula is C25H26N2O5. The summed E-state index contributed by atoms with van der Waals surface area (Å²) in [6.45, 7) is 0.806. The van der Waals surface area contributed by atoms with Crippen LogP contribution in [0.25, 0.3) is 6.08 Å². The van der Waals surface area contributed by atoms with E-state index in [1.807, 2.05) is 25.3 Å². The highest BCUT2D eigenvalue weighted by molar-refractivity contribution is 5.92. The molecule has 1 aromatic heterocycles. The Kier molecular flexibility index (Phi) is 3.99. The highest BCUT2D eigenvalue weighted by Gasteiger charge is 2.71. The number of amides is 1. The molecule has 3 heterocycles. The molecule has 1 saturated heterocycles. The molecule has 1 aromatic carbocycles. The summed E-state index contributed by atoms with van der Waals surface area (Å²) in [7, 11) is 3.79. The van der Waals surface area contributed by atoms with Gasteiger partial charge in [-0.05, 0) is 50.2 Å². The van der Waals surface area contributed by atoms with E-state index < -0.39 is 23.2 Å². The maximum absolute atomic E-state index is 13.0. The molecule has 2 bridgehead atoms. The second-order valence-electron chi connectivity index (χ2n) is 9.42. The van der Waals surface area contributed by atoms with Gasteiger partial charge in [0.2, 0.25) is 5.91 Å². The maximum Gasteiger partial charge on any atom is 0.246 e. The zero-order valence-corrected chi connectivity index (χ0v) is 18.1. The van der Waals surface area contributed by atoms with Crippen LogP contribution in [-0.2, 0) is 16.6 Å². The van der Waals surface area contributed by atoms with Crippen molar-refractivity contribution in [3.8, 4) is 11.5 Å². The standard InChI is InChI=1S/C25H26N2O5/c1-26-11-10-24-21-16-4-5-18(28)22(21)32-23(24)17(7-9-25(24,30)19(26)13-16)27(2)20(29)6-3-15-8-12-31-14-15/h3-9,12,14,17,19,23,28,30H,10-11,13H2,1-2H3/b6-3+/t17-,19+,23-,24-,25+/m0/s1. The van der Waals surface area contributed by atoms with Gasteiger partial charge in [0.05, 0.1) is 24.0 Å². The van der Waals surface area contributed by atoms with E-state index >= 15 is 0 Å². The van der Waals surface area contributed by atoms with Crippen LogP contribution in [0.5, 0.6) is 11.5 Å². The number of furan rings is 1. The number of ether oxygens (including phenoxy) is 1. The zero-order valence-electron chi connectivity index (χ0n) is 18.1. The third-order valence-corrected chi connectivity index (χ3v) is 8.04. The van der Waals surface area contributed by atoms with E-state index in [0.29, 0.717) is 18.6 Å². The fourth-order valence-corrected chi connectivity index (χ4v) is 6.42. The molecule has 1 spiro atoms. The minimum absolute atomic E-state index is 0.0832. The summed E-state index contributed by atoms with van der Waals surface area (Å²) in [6, 6.07) is 4.92. The van der Waals surface area contributed by atoms with Crippen molar-refractivity contribution in [1.82, 2.24) is 9.80 Å². The summed E-state index contributed by atoms with van der Waals surface area (Å²) in [6.07, 6.45) is 11.0. The molecule has 5 atom stereocenters. The Morgan fingerprint density at radius 1 is 1.34 bits per heavy atom. The van der Waals surface area contributed by atoms with Gasteiger partial charge < -0.3 is 24.3 Å². The number of benzene rings is 1. The van der Waals surface area contributed by atoms with E-state index in [0.717, 1.165) is 23.2 Å². The van der Waals surface area contributed by atoms with Crippen molar-refractivity contribution in [2.24, 2.45) is 0 Å². The quantitative estimate of drug-likeness (QED) is 0.568. The van der Waals surface area contributed by atoms with Crippen molar-refractivity contribution < 1.29 is 24.2 Å². The Morgan fingerprint density at radius 2 is 2.19 bits per heavy atom. The Labute approximate surface area is 186 Å². The van der Waals surface area contributed by atoms with Gasteiger partial charge in [-0.1, -0.05) is 18.2 Å². The lowest BCUT2D eigenvalue weighted by atomic mass is 9.50. The molecular weight excluding hydrogens is 408 g/mol. The lowest BCUT2D eigenvalue weighted by Gasteiger charge is -2.62. The highest BCUT2D eigenvalue weighted by atomic mass is 16.5. The van der Waals surface area contributed by atoms with Crippen LogP contribution < -0.4 is 4.74 Å². The molecule has 0 radical (unpaired) electrons. The number of hydrogen-bond donors (Lipinski definition) is 2. The summed E-state index contributed by atoms with van der Waals surface area (Å²) in [5.41, 5.74) is 0.976. The number of likely N-dealkylation sites (N-methyl/N-ethyl adjacent to an activating group) is 2. The molecule has 2 aromatic rings. The second-order valence-corrected chi connectivity index (χ2v) is 9.42. The van der Waals surface area contributed by atoms with Crippen LogP contribution in [0.2, 0.25) is 0 Å². The number of carbonyl (C=O) groups is 1. The molecule has 2 N–H and O–H groups in total. The Morgan fingerprint density at radius 3 is 2.97 bits per heavy atom. The van der Waals surface area contributed by atoms with Crippen LogP contribution in [-0.4, -0.2) is 70.3 Å². The first kappa shape index (κ1) is 19.6. The number of phenolic OH excluding ortho intramolecular Hbond substituents is 1. The lowest BCUT2D eigenvalue weighted by Crippen LogP contribution is -2.76. The van der Waals surface area contributed by atoms with Gasteiger partial charge in [-0.15, -0.1) is 0 Å². The number of phenols is 1. The van der Waals surface area contributed by atoms with E-state index in [-0.39, 0.29) is 17.7 Å². The van der Waals surface area contributed by atoms with E-state index in [9.17, 15) is 15.0 Å². The van der Waals surface area contributed by atoms with Crippen LogP contribution in [0.4, 0.5) is 0 Å². The number of nitrogens with zero attached hydrogens (tertiary/aromatic N) is 2. The molecule has 1 fully saturated rings. The molecule has 0 saturated carbocycles. The van der Waals surface area contributed by atoms with Crippen LogP contribution in [0.3, 0.4) is 0 Å². The topological polar surface area (TPSA) is 86.4 Å². The highest BCUT2D eigenvalue weighted by Crippen LogP contribution is 2.64. The molecule has 7 nitrogen and oxygen atoms in total. The fourth-order valence-electron chi connectivity index (χ4n) is 6.42. The van der Waals surface area contributed by atoms with Crippen LogP contribution in [0.15, 0.2) is 53.4 Å². The van der Waals surface area contributed by atoms with Gasteiger partial charge in [0, 0.05) is 30.3 Å². The van der Waals surface area contributed by atoms with Crippen LogP contribution in [0, 0.1) is 0 Å². The predicted molar refractivity (Wildman–Crippen MR) is 117 cm³/mol. The lowest BCUT2D eigenvalue weighted by molar-refractivity contribution is -0.150. The smallest absolute Gasteiger partial charge is 0.246 e. The Hall–Kier alpha value is -3.03. The second kappa shape index (κ2) is 6.49. The van der Waals surface area contributed by atoms with Crippen LogP contribution >= 0.6 is 0 Å². The number of hydrogen-bond acceptors (Lipinski definition) is 6. The van der Waals surface area contributed by atoms with E-state index in [4.69, 9.17) is 9.15 Å². The number of rotatable bonds is 3. The molecule has 0 unspecified atom stereocenters. The largest absolute Gasteiger partial charge is 0.504 e. The van der Waals surface area contributed by atoms with Crippen molar-refractivity contribution in [3.05, 3.63) is 65.6 Å². The molecule has 32 heavy (non-hydrogen) atoms. The third kappa shape index (κ3) is 2.30. The van der Waals surface area contributed by atoms with E-state index in [1.165, 1.54) is 6.08 Å². The molecule has 2 aliphatic carbocycles. The minimum atomic E-state index is -1.14. The van der Waals surface area contributed by atoms with Gasteiger partial charge in [0.1, 0.15) is 11.7 Å². The molecule has 2 aliphatic heterocycles. The number of likely N-dealkylation sites (tertiary alicyclic amines) is 1. The van der Waals surface area contributed by atoms with Gasteiger partial charge in [-0.2, -0.15) is 0 Å². The van der Waals surface area contributed by atoms with E-state index in [2.05, 4.69) is 4.90 Å².